The number of benzene rings is 1. The van der Waals surface area contributed by atoms with Gasteiger partial charge in [-0.2, -0.15) is 0 Å². The van der Waals surface area contributed by atoms with Crippen LogP contribution in [0.25, 0.3) is 0 Å². The molecule has 3 atom stereocenters. The molecule has 0 saturated carbocycles. The fourth-order valence-electron chi connectivity index (χ4n) is 0.872. The Morgan fingerprint density at radius 2 is 2.06 bits per heavy atom. The van der Waals surface area contributed by atoms with Crippen LogP contribution in [0.15, 0.2) is 42.5 Å². The van der Waals surface area contributed by atoms with E-state index in [2.05, 4.69) is 39.5 Å². The number of hydrogen-bond donors (Lipinski definition) is 0. The number of carbonyl (C=O) groups excluding carboxylic acids is 1. The Morgan fingerprint density at radius 3 is 2.44 bits per heavy atom. The van der Waals surface area contributed by atoms with Gasteiger partial charge in [-0.25, -0.2) is 0 Å². The van der Waals surface area contributed by atoms with E-state index in [0.29, 0.717) is 6.42 Å². The SMILES string of the molecule is C/C=C/CC=O.C=[PH+]P(P)c1ccccc1. The van der Waals surface area contributed by atoms with Gasteiger partial charge in [-0.15, -0.1) is 0 Å². The van der Waals surface area contributed by atoms with Gasteiger partial charge < -0.3 is 4.79 Å². The van der Waals surface area contributed by atoms with Gasteiger partial charge in [0, 0.05) is 11.7 Å². The second kappa shape index (κ2) is 11.2. The monoisotopic (exact) mass is 271 g/mol. The first kappa shape index (κ1) is 15.7. The van der Waals surface area contributed by atoms with Crippen molar-refractivity contribution in [3.8, 4) is 0 Å². The molecule has 0 spiro atoms. The highest BCUT2D eigenvalue weighted by atomic mass is 32.4. The summed E-state index contributed by atoms with van der Waals surface area (Å²) in [5.41, 5.74) is 0. The van der Waals surface area contributed by atoms with Crippen LogP contribution in [-0.2, 0) is 4.79 Å². The van der Waals surface area contributed by atoms with Gasteiger partial charge in [0.2, 0.25) is 0 Å². The zero-order chi connectivity index (χ0) is 12.2. The smallest absolute Gasteiger partial charge is 0.157 e. The third-order valence-corrected chi connectivity index (χ3v) is 7.20. The summed E-state index contributed by atoms with van der Waals surface area (Å²) < 4.78 is 0. The van der Waals surface area contributed by atoms with Crippen molar-refractivity contribution in [1.29, 1.82) is 0 Å². The fourth-order valence-corrected chi connectivity index (χ4v) is 3.06. The van der Waals surface area contributed by atoms with Crippen LogP contribution in [0.5, 0.6) is 0 Å². The zero-order valence-electron chi connectivity index (χ0n) is 9.47. The molecule has 1 rings (SSSR count). The fraction of sp³-hybridized carbons (Fsp3) is 0.167. The summed E-state index contributed by atoms with van der Waals surface area (Å²) in [6, 6.07) is 10.5. The first-order valence-electron chi connectivity index (χ1n) is 4.93. The molecule has 0 fully saturated rings. The highest BCUT2D eigenvalue weighted by molar-refractivity contribution is 8.49. The van der Waals surface area contributed by atoms with Crippen LogP contribution in [0.1, 0.15) is 13.3 Å². The summed E-state index contributed by atoms with van der Waals surface area (Å²) in [6.45, 7) is 1.89. The maximum atomic E-state index is 9.51. The number of carbonyl (C=O) groups is 1. The third-order valence-electron chi connectivity index (χ3n) is 1.67. The van der Waals surface area contributed by atoms with E-state index in [0.717, 1.165) is 14.2 Å². The lowest BCUT2D eigenvalue weighted by Crippen LogP contribution is -1.89. The van der Waals surface area contributed by atoms with Gasteiger partial charge in [-0.1, -0.05) is 51.4 Å². The Labute approximate surface area is 103 Å². The Balaban J connectivity index is 0.000000325. The van der Waals surface area contributed by atoms with Crippen LogP contribution in [0, 0.1) is 0 Å². The summed E-state index contributed by atoms with van der Waals surface area (Å²) in [5.74, 6) is 0. The third kappa shape index (κ3) is 7.89. The topological polar surface area (TPSA) is 17.1 Å². The lowest BCUT2D eigenvalue weighted by molar-refractivity contribution is -0.107. The summed E-state index contributed by atoms with van der Waals surface area (Å²) in [5, 5.41) is 1.43. The average molecular weight is 271 g/mol. The molecule has 4 heteroatoms. The number of rotatable bonds is 4. The molecule has 0 aliphatic heterocycles. The predicted octanol–water partition coefficient (Wildman–Crippen LogP) is 3.76. The molecule has 0 heterocycles. The van der Waals surface area contributed by atoms with Gasteiger partial charge in [-0.05, 0) is 6.92 Å². The van der Waals surface area contributed by atoms with Crippen molar-refractivity contribution in [2.24, 2.45) is 0 Å². The predicted molar refractivity (Wildman–Crippen MR) is 83.6 cm³/mol. The molecular weight excluding hydrogens is 253 g/mol. The molecule has 0 aliphatic rings. The highest BCUT2D eigenvalue weighted by Gasteiger charge is 2.05. The lowest BCUT2D eigenvalue weighted by Gasteiger charge is -1.95. The lowest BCUT2D eigenvalue weighted by atomic mass is 10.4. The van der Waals surface area contributed by atoms with Gasteiger partial charge >= 0.3 is 0 Å². The second-order valence-electron chi connectivity index (χ2n) is 2.84. The van der Waals surface area contributed by atoms with Gasteiger partial charge in [0.25, 0.3) is 0 Å². The summed E-state index contributed by atoms with van der Waals surface area (Å²) in [4.78, 5) is 9.51. The second-order valence-corrected chi connectivity index (χ2v) is 9.90. The average Bonchev–Trinajstić information content (AvgIpc) is 2.37. The largest absolute Gasteiger partial charge is 0.303 e. The van der Waals surface area contributed by atoms with E-state index in [1.165, 1.54) is 5.30 Å². The molecule has 0 amide bonds. The van der Waals surface area contributed by atoms with Crippen molar-refractivity contribution in [2.75, 3.05) is 0 Å². The minimum atomic E-state index is -0.0401. The first-order valence-corrected chi connectivity index (χ1v) is 9.94. The first-order chi connectivity index (χ1) is 7.76. The summed E-state index contributed by atoms with van der Waals surface area (Å²) in [6.07, 6.45) is 8.99. The highest BCUT2D eigenvalue weighted by Crippen LogP contribution is 2.54. The van der Waals surface area contributed by atoms with Gasteiger partial charge in [0.15, 0.2) is 7.30 Å². The van der Waals surface area contributed by atoms with Gasteiger partial charge in [-0.3, -0.25) is 0 Å². The molecule has 3 unspecified atom stereocenters. The van der Waals surface area contributed by atoms with Crippen LogP contribution in [0.3, 0.4) is 0 Å². The quantitative estimate of drug-likeness (QED) is 0.463. The zero-order valence-corrected chi connectivity index (χ0v) is 12.5. The van der Waals surface area contributed by atoms with Crippen molar-refractivity contribution in [3.63, 3.8) is 0 Å². The van der Waals surface area contributed by atoms with Crippen LogP contribution in [0.2, 0.25) is 0 Å². The Kier molecular flexibility index (Phi) is 10.9. The molecule has 1 aromatic carbocycles. The molecule has 0 bridgehead atoms. The van der Waals surface area contributed by atoms with Crippen molar-refractivity contribution >= 4 is 42.0 Å². The van der Waals surface area contributed by atoms with Crippen LogP contribution in [-0.4, -0.2) is 12.6 Å². The number of allylic oxidation sites excluding steroid dienone is 2. The van der Waals surface area contributed by atoms with E-state index in [1.807, 2.05) is 25.1 Å². The van der Waals surface area contributed by atoms with E-state index in [-0.39, 0.29) is 7.30 Å². The van der Waals surface area contributed by atoms with Gasteiger partial charge in [0.1, 0.15) is 6.29 Å². The number of hydrogen-bond acceptors (Lipinski definition) is 1. The molecule has 0 aromatic heterocycles. The summed E-state index contributed by atoms with van der Waals surface area (Å²) >= 11 is 0. The Bertz CT molecular complexity index is 322. The normalized spacial score (nSPS) is 11.9. The van der Waals surface area contributed by atoms with Gasteiger partial charge in [0.05, 0.1) is 14.2 Å². The molecule has 1 nitrogen and oxygen atoms in total. The number of aldehydes is 1. The molecule has 0 aliphatic carbocycles. The molecule has 0 N–H and O–H groups in total. The van der Waals surface area contributed by atoms with E-state index < -0.39 is 0 Å². The maximum Gasteiger partial charge on any atom is 0.157 e. The molecule has 86 valence electrons. The van der Waals surface area contributed by atoms with E-state index in [9.17, 15) is 4.79 Å². The molecule has 0 radical (unpaired) electrons. The van der Waals surface area contributed by atoms with Crippen molar-refractivity contribution in [1.82, 2.24) is 0 Å². The van der Waals surface area contributed by atoms with Crippen molar-refractivity contribution < 1.29 is 4.79 Å². The molecule has 16 heavy (non-hydrogen) atoms. The van der Waals surface area contributed by atoms with Crippen LogP contribution < -0.4 is 5.30 Å². The van der Waals surface area contributed by atoms with Crippen molar-refractivity contribution in [3.05, 3.63) is 42.5 Å². The van der Waals surface area contributed by atoms with Crippen molar-refractivity contribution in [2.45, 2.75) is 13.3 Å². The minimum absolute atomic E-state index is 0.0401. The Morgan fingerprint density at radius 1 is 1.44 bits per heavy atom. The van der Waals surface area contributed by atoms with E-state index in [1.54, 1.807) is 0 Å². The van der Waals surface area contributed by atoms with E-state index in [4.69, 9.17) is 0 Å². The maximum absolute atomic E-state index is 9.51. The molecule has 0 saturated heterocycles. The van der Waals surface area contributed by atoms with E-state index >= 15 is 0 Å². The summed E-state index contributed by atoms with van der Waals surface area (Å²) in [7, 11) is 3.61. The van der Waals surface area contributed by atoms with Crippen LogP contribution in [0.4, 0.5) is 0 Å². The van der Waals surface area contributed by atoms with Crippen LogP contribution >= 0.6 is 24.1 Å². The molecular formula is C12H18OP3+. The minimum Gasteiger partial charge on any atom is -0.303 e. The molecule has 1 aromatic rings. The standard InChI is InChI=1S/C7H9P3.C5H8O/c1-9-10(8)7-5-3-2-4-6-7;1-2-3-4-5-6/h2-6H,1,8H2;2-3,5H,4H2,1H3/p+1/b;3-2+. The Hall–Kier alpha value is -0.340.